The molecule has 0 aromatic heterocycles. The fourth-order valence-electron chi connectivity index (χ4n) is 2.22. The summed E-state index contributed by atoms with van der Waals surface area (Å²) in [4.78, 5) is 35.3. The average molecular weight is 372 g/mol. The number of anilines is 1. The summed E-state index contributed by atoms with van der Waals surface area (Å²) in [6.45, 7) is 0.00394. The molecule has 27 heavy (non-hydrogen) atoms. The topological polar surface area (TPSA) is 114 Å². The standard InChI is InChI=1S/C19H20N2O6/c1-26-15-9-5-8-14(10-15)20-18(24)16(11-17(22)23)21-19(25)27-12-13-6-3-2-4-7-13/h2-10,16H,11-12H2,1H3,(H,20,24)(H,21,25)(H,22,23)/t16-/m0/s1. The second-order valence-corrected chi connectivity index (χ2v) is 5.58. The van der Waals surface area contributed by atoms with E-state index in [9.17, 15) is 14.4 Å². The van der Waals surface area contributed by atoms with Gasteiger partial charge in [0.2, 0.25) is 5.91 Å². The minimum Gasteiger partial charge on any atom is -0.497 e. The predicted molar refractivity (Wildman–Crippen MR) is 97.4 cm³/mol. The molecule has 2 rings (SSSR count). The van der Waals surface area contributed by atoms with Crippen LogP contribution in [0, 0.1) is 0 Å². The third-order valence-corrected chi connectivity index (χ3v) is 3.54. The number of ether oxygens (including phenoxy) is 2. The lowest BCUT2D eigenvalue weighted by Crippen LogP contribution is -2.45. The first kappa shape index (κ1) is 19.8. The van der Waals surface area contributed by atoms with Crippen LogP contribution < -0.4 is 15.4 Å². The molecule has 8 heteroatoms. The van der Waals surface area contributed by atoms with Crippen LogP contribution in [0.3, 0.4) is 0 Å². The van der Waals surface area contributed by atoms with Crippen LogP contribution in [-0.2, 0) is 20.9 Å². The van der Waals surface area contributed by atoms with Gasteiger partial charge in [-0.05, 0) is 17.7 Å². The lowest BCUT2D eigenvalue weighted by molar-refractivity contribution is -0.139. The maximum atomic E-state index is 12.4. The molecule has 0 aliphatic heterocycles. The first-order chi connectivity index (χ1) is 13.0. The van der Waals surface area contributed by atoms with Gasteiger partial charge in [0, 0.05) is 11.8 Å². The molecule has 0 radical (unpaired) electrons. The van der Waals surface area contributed by atoms with Crippen molar-refractivity contribution in [2.24, 2.45) is 0 Å². The Bertz CT molecular complexity index is 794. The number of alkyl carbamates (subject to hydrolysis) is 1. The van der Waals surface area contributed by atoms with E-state index in [1.807, 2.05) is 6.07 Å². The van der Waals surface area contributed by atoms with Gasteiger partial charge in [-0.25, -0.2) is 4.79 Å². The zero-order chi connectivity index (χ0) is 19.6. The van der Waals surface area contributed by atoms with Gasteiger partial charge in [-0.2, -0.15) is 0 Å². The van der Waals surface area contributed by atoms with Gasteiger partial charge in [-0.1, -0.05) is 36.4 Å². The van der Waals surface area contributed by atoms with Gasteiger partial charge < -0.3 is 25.2 Å². The zero-order valence-electron chi connectivity index (χ0n) is 14.7. The molecule has 0 saturated heterocycles. The Morgan fingerprint density at radius 3 is 2.48 bits per heavy atom. The van der Waals surface area contributed by atoms with Crippen molar-refractivity contribution in [1.82, 2.24) is 5.32 Å². The van der Waals surface area contributed by atoms with Crippen molar-refractivity contribution >= 4 is 23.7 Å². The first-order valence-electron chi connectivity index (χ1n) is 8.12. The highest BCUT2D eigenvalue weighted by Gasteiger charge is 2.24. The van der Waals surface area contributed by atoms with Gasteiger partial charge in [0.05, 0.1) is 13.5 Å². The number of aliphatic carboxylic acids is 1. The average Bonchev–Trinajstić information content (AvgIpc) is 2.66. The molecule has 0 saturated carbocycles. The molecule has 1 atom stereocenters. The highest BCUT2D eigenvalue weighted by Crippen LogP contribution is 2.17. The number of methoxy groups -OCH3 is 1. The van der Waals surface area contributed by atoms with Crippen molar-refractivity contribution in [2.45, 2.75) is 19.1 Å². The fourth-order valence-corrected chi connectivity index (χ4v) is 2.22. The second kappa shape index (κ2) is 9.81. The monoisotopic (exact) mass is 372 g/mol. The lowest BCUT2D eigenvalue weighted by Gasteiger charge is -2.17. The lowest BCUT2D eigenvalue weighted by atomic mass is 10.2. The Balaban J connectivity index is 1.97. The number of hydrogen-bond donors (Lipinski definition) is 3. The Morgan fingerprint density at radius 1 is 1.07 bits per heavy atom. The van der Waals surface area contributed by atoms with Gasteiger partial charge in [0.1, 0.15) is 18.4 Å². The summed E-state index contributed by atoms with van der Waals surface area (Å²) in [5, 5.41) is 13.8. The van der Waals surface area contributed by atoms with Crippen molar-refractivity contribution in [2.75, 3.05) is 12.4 Å². The van der Waals surface area contributed by atoms with E-state index in [2.05, 4.69) is 10.6 Å². The molecule has 2 amide bonds. The SMILES string of the molecule is COc1cccc(NC(=O)[C@H](CC(=O)O)NC(=O)OCc2ccccc2)c1. The van der Waals surface area contributed by atoms with Crippen LogP contribution in [0.25, 0.3) is 0 Å². The Hall–Kier alpha value is -3.55. The normalized spacial score (nSPS) is 11.1. The molecular weight excluding hydrogens is 352 g/mol. The third kappa shape index (κ3) is 6.69. The number of amides is 2. The van der Waals surface area contributed by atoms with Crippen LogP contribution in [0.15, 0.2) is 54.6 Å². The van der Waals surface area contributed by atoms with E-state index in [4.69, 9.17) is 14.6 Å². The molecule has 8 nitrogen and oxygen atoms in total. The first-order valence-corrected chi connectivity index (χ1v) is 8.12. The van der Waals surface area contributed by atoms with E-state index in [1.54, 1.807) is 48.5 Å². The highest BCUT2D eigenvalue weighted by atomic mass is 16.5. The molecule has 3 N–H and O–H groups in total. The van der Waals surface area contributed by atoms with Gasteiger partial charge in [-0.15, -0.1) is 0 Å². The number of carboxylic acid groups (broad SMARTS) is 1. The number of rotatable bonds is 8. The van der Waals surface area contributed by atoms with Gasteiger partial charge in [0.25, 0.3) is 0 Å². The maximum absolute atomic E-state index is 12.4. The summed E-state index contributed by atoms with van der Waals surface area (Å²) < 4.78 is 10.1. The molecule has 0 unspecified atom stereocenters. The summed E-state index contributed by atoms with van der Waals surface area (Å²) in [5.74, 6) is -1.38. The van der Waals surface area contributed by atoms with Crippen LogP contribution in [0.5, 0.6) is 5.75 Å². The van der Waals surface area contributed by atoms with Crippen LogP contribution in [0.4, 0.5) is 10.5 Å². The predicted octanol–water partition coefficient (Wildman–Crippen LogP) is 2.40. The number of carbonyl (C=O) groups excluding carboxylic acids is 2. The summed E-state index contributed by atoms with van der Waals surface area (Å²) in [6.07, 6.45) is -1.47. The van der Waals surface area contributed by atoms with Gasteiger partial charge in [-0.3, -0.25) is 9.59 Å². The minimum absolute atomic E-state index is 0.00394. The molecular formula is C19H20N2O6. The molecule has 0 fully saturated rings. The van der Waals surface area contributed by atoms with Crippen LogP contribution >= 0.6 is 0 Å². The van der Waals surface area contributed by atoms with Crippen molar-refractivity contribution < 1.29 is 29.0 Å². The van der Waals surface area contributed by atoms with E-state index in [1.165, 1.54) is 7.11 Å². The summed E-state index contributed by atoms with van der Waals surface area (Å²) in [7, 11) is 1.48. The molecule has 0 aliphatic carbocycles. The van der Waals surface area contributed by atoms with Crippen molar-refractivity contribution in [3.63, 3.8) is 0 Å². The molecule has 0 aliphatic rings. The van der Waals surface area contributed by atoms with Gasteiger partial charge >= 0.3 is 12.1 Å². The number of hydrogen-bond acceptors (Lipinski definition) is 5. The molecule has 0 bridgehead atoms. The van der Waals surface area contributed by atoms with Crippen LogP contribution in [0.1, 0.15) is 12.0 Å². The molecule has 0 spiro atoms. The van der Waals surface area contributed by atoms with E-state index in [-0.39, 0.29) is 6.61 Å². The summed E-state index contributed by atoms with van der Waals surface area (Å²) in [6, 6.07) is 14.2. The fraction of sp³-hybridized carbons (Fsp3) is 0.211. The second-order valence-electron chi connectivity index (χ2n) is 5.58. The number of carboxylic acids is 1. The maximum Gasteiger partial charge on any atom is 0.408 e. The van der Waals surface area contributed by atoms with Crippen molar-refractivity contribution in [3.8, 4) is 5.75 Å². The third-order valence-electron chi connectivity index (χ3n) is 3.54. The minimum atomic E-state index is -1.29. The largest absolute Gasteiger partial charge is 0.497 e. The van der Waals surface area contributed by atoms with Gasteiger partial charge in [0.15, 0.2) is 0 Å². The highest BCUT2D eigenvalue weighted by molar-refractivity contribution is 5.98. The molecule has 142 valence electrons. The number of nitrogens with one attached hydrogen (secondary N) is 2. The van der Waals surface area contributed by atoms with E-state index in [0.717, 1.165) is 5.56 Å². The molecule has 2 aromatic carbocycles. The van der Waals surface area contributed by atoms with E-state index < -0.39 is 30.4 Å². The Kier molecular flexibility index (Phi) is 7.18. The van der Waals surface area contributed by atoms with Crippen molar-refractivity contribution in [1.29, 1.82) is 0 Å². The Labute approximate surface area is 156 Å². The summed E-state index contributed by atoms with van der Waals surface area (Å²) in [5.41, 5.74) is 1.18. The van der Waals surface area contributed by atoms with E-state index >= 15 is 0 Å². The summed E-state index contributed by atoms with van der Waals surface area (Å²) >= 11 is 0. The van der Waals surface area contributed by atoms with Crippen LogP contribution in [0.2, 0.25) is 0 Å². The molecule has 2 aromatic rings. The van der Waals surface area contributed by atoms with E-state index in [0.29, 0.717) is 11.4 Å². The quantitative estimate of drug-likeness (QED) is 0.656. The zero-order valence-corrected chi connectivity index (χ0v) is 14.7. The van der Waals surface area contributed by atoms with Crippen LogP contribution in [-0.4, -0.2) is 36.2 Å². The number of carbonyl (C=O) groups is 3. The van der Waals surface area contributed by atoms with Crippen molar-refractivity contribution in [3.05, 3.63) is 60.2 Å². The smallest absolute Gasteiger partial charge is 0.408 e. The Morgan fingerprint density at radius 2 is 1.81 bits per heavy atom. The number of benzene rings is 2. The molecule has 0 heterocycles.